The molecule has 0 fully saturated rings. The van der Waals surface area contributed by atoms with Crippen LogP contribution in [0, 0.1) is 0 Å². The van der Waals surface area contributed by atoms with Gasteiger partial charge in [-0.3, -0.25) is 0 Å². The molecule has 3 heteroatoms. The van der Waals surface area contributed by atoms with Crippen LogP contribution in [-0.4, -0.2) is 18.2 Å². The Morgan fingerprint density at radius 2 is 2.20 bits per heavy atom. The van der Waals surface area contributed by atoms with E-state index in [1.54, 1.807) is 25.3 Å². The number of hydrogen-bond donors (Lipinski definition) is 1. The van der Waals surface area contributed by atoms with E-state index in [0.717, 1.165) is 12.0 Å². The zero-order chi connectivity index (χ0) is 11.4. The highest BCUT2D eigenvalue weighted by atomic mass is 16.5. The number of ether oxygens (including phenoxy) is 1. The molecule has 0 amide bonds. The van der Waals surface area contributed by atoms with Crippen LogP contribution in [0.4, 0.5) is 0 Å². The monoisotopic (exact) mass is 208 g/mol. The fraction of sp³-hybridized carbons (Fsp3) is 0.417. The summed E-state index contributed by atoms with van der Waals surface area (Å²) in [6.45, 7) is 4.05. The molecule has 0 saturated carbocycles. The van der Waals surface area contributed by atoms with Crippen molar-refractivity contribution >= 4 is 5.97 Å². The average molecular weight is 208 g/mol. The third-order valence-corrected chi connectivity index (χ3v) is 2.63. The highest BCUT2D eigenvalue weighted by Gasteiger charge is 2.15. The van der Waals surface area contributed by atoms with Gasteiger partial charge in [-0.1, -0.05) is 13.8 Å². The Hall–Kier alpha value is -1.51. The van der Waals surface area contributed by atoms with Crippen LogP contribution in [0.3, 0.4) is 0 Å². The Kier molecular flexibility index (Phi) is 3.72. The van der Waals surface area contributed by atoms with Gasteiger partial charge in [-0.2, -0.15) is 0 Å². The number of rotatable bonds is 4. The maximum atomic E-state index is 11.0. The first-order valence-electron chi connectivity index (χ1n) is 5.01. The molecule has 1 aromatic rings. The average Bonchev–Trinajstić information content (AvgIpc) is 2.26. The van der Waals surface area contributed by atoms with Gasteiger partial charge in [-0.25, -0.2) is 4.79 Å². The predicted octanol–water partition coefficient (Wildman–Crippen LogP) is 2.91. The summed E-state index contributed by atoms with van der Waals surface area (Å²) in [4.78, 5) is 11.0. The first-order valence-corrected chi connectivity index (χ1v) is 5.01. The van der Waals surface area contributed by atoms with Gasteiger partial charge >= 0.3 is 5.97 Å². The van der Waals surface area contributed by atoms with E-state index in [1.807, 2.05) is 13.8 Å². The van der Waals surface area contributed by atoms with Gasteiger partial charge in [0, 0.05) is 0 Å². The van der Waals surface area contributed by atoms with Crippen molar-refractivity contribution in [2.24, 2.45) is 0 Å². The molecule has 0 spiro atoms. The van der Waals surface area contributed by atoms with E-state index in [4.69, 9.17) is 9.84 Å². The summed E-state index contributed by atoms with van der Waals surface area (Å²) in [6.07, 6.45) is 0.910. The predicted molar refractivity (Wildman–Crippen MR) is 58.7 cm³/mol. The largest absolute Gasteiger partial charge is 0.497 e. The van der Waals surface area contributed by atoms with Crippen molar-refractivity contribution in [3.8, 4) is 5.75 Å². The summed E-state index contributed by atoms with van der Waals surface area (Å²) in [6, 6.07) is 5.08. The van der Waals surface area contributed by atoms with E-state index in [-0.39, 0.29) is 5.92 Å². The fourth-order valence-corrected chi connectivity index (χ4v) is 1.49. The quantitative estimate of drug-likeness (QED) is 0.827. The molecular weight excluding hydrogens is 192 g/mol. The van der Waals surface area contributed by atoms with Crippen molar-refractivity contribution in [3.63, 3.8) is 0 Å². The molecule has 1 aromatic carbocycles. The Labute approximate surface area is 89.7 Å². The first kappa shape index (κ1) is 11.6. The molecule has 0 bridgehead atoms. The number of hydrogen-bond acceptors (Lipinski definition) is 2. The van der Waals surface area contributed by atoms with E-state index >= 15 is 0 Å². The lowest BCUT2D eigenvalue weighted by Gasteiger charge is -2.13. The SMILES string of the molecule is CCC(C)c1cc(OC)ccc1C(=O)O. The van der Waals surface area contributed by atoms with Crippen LogP contribution in [0.1, 0.15) is 42.1 Å². The normalized spacial score (nSPS) is 12.2. The summed E-state index contributed by atoms with van der Waals surface area (Å²) in [5, 5.41) is 9.03. The molecule has 0 radical (unpaired) electrons. The molecule has 0 aliphatic rings. The van der Waals surface area contributed by atoms with E-state index < -0.39 is 5.97 Å². The standard InChI is InChI=1S/C12H16O3/c1-4-8(2)11-7-9(15-3)5-6-10(11)12(13)14/h5-8H,4H2,1-3H3,(H,13,14). The lowest BCUT2D eigenvalue weighted by Crippen LogP contribution is -2.05. The van der Waals surface area contributed by atoms with Crippen LogP contribution in [0.15, 0.2) is 18.2 Å². The topological polar surface area (TPSA) is 46.5 Å². The Morgan fingerprint density at radius 3 is 2.67 bits per heavy atom. The number of aromatic carboxylic acids is 1. The highest BCUT2D eigenvalue weighted by molar-refractivity contribution is 5.89. The van der Waals surface area contributed by atoms with Crippen molar-refractivity contribution < 1.29 is 14.6 Å². The highest BCUT2D eigenvalue weighted by Crippen LogP contribution is 2.26. The zero-order valence-electron chi connectivity index (χ0n) is 9.28. The van der Waals surface area contributed by atoms with Gasteiger partial charge in [0.05, 0.1) is 12.7 Å². The van der Waals surface area contributed by atoms with Crippen LogP contribution < -0.4 is 4.74 Å². The number of methoxy groups -OCH3 is 1. The third kappa shape index (κ3) is 2.49. The summed E-state index contributed by atoms with van der Waals surface area (Å²) >= 11 is 0. The summed E-state index contributed by atoms with van der Waals surface area (Å²) < 4.78 is 5.09. The molecule has 1 N–H and O–H groups in total. The fourth-order valence-electron chi connectivity index (χ4n) is 1.49. The maximum absolute atomic E-state index is 11.0. The first-order chi connectivity index (χ1) is 7.10. The van der Waals surface area contributed by atoms with E-state index in [1.165, 1.54) is 0 Å². The van der Waals surface area contributed by atoms with Crippen LogP contribution in [0.25, 0.3) is 0 Å². The van der Waals surface area contributed by atoms with Crippen molar-refractivity contribution in [1.29, 1.82) is 0 Å². The molecule has 1 atom stereocenters. The van der Waals surface area contributed by atoms with Crippen molar-refractivity contribution in [1.82, 2.24) is 0 Å². The van der Waals surface area contributed by atoms with Crippen molar-refractivity contribution in [2.45, 2.75) is 26.2 Å². The molecule has 3 nitrogen and oxygen atoms in total. The Balaban J connectivity index is 3.22. The van der Waals surface area contributed by atoms with Gasteiger partial charge < -0.3 is 9.84 Å². The van der Waals surface area contributed by atoms with Crippen molar-refractivity contribution in [3.05, 3.63) is 29.3 Å². The summed E-state index contributed by atoms with van der Waals surface area (Å²) in [5.74, 6) is 0.0504. The van der Waals surface area contributed by atoms with Gasteiger partial charge in [-0.15, -0.1) is 0 Å². The molecular formula is C12H16O3. The molecule has 1 rings (SSSR count). The van der Waals surface area contributed by atoms with Crippen LogP contribution >= 0.6 is 0 Å². The molecule has 82 valence electrons. The Bertz CT molecular complexity index is 358. The summed E-state index contributed by atoms with van der Waals surface area (Å²) in [7, 11) is 1.58. The minimum atomic E-state index is -0.882. The minimum absolute atomic E-state index is 0.228. The van der Waals surface area contributed by atoms with Gasteiger partial charge in [0.15, 0.2) is 0 Å². The maximum Gasteiger partial charge on any atom is 0.335 e. The van der Waals surface area contributed by atoms with Gasteiger partial charge in [-0.05, 0) is 36.1 Å². The van der Waals surface area contributed by atoms with Gasteiger partial charge in [0.1, 0.15) is 5.75 Å². The lowest BCUT2D eigenvalue weighted by atomic mass is 9.93. The lowest BCUT2D eigenvalue weighted by molar-refractivity contribution is 0.0695. The van der Waals surface area contributed by atoms with E-state index in [9.17, 15) is 4.79 Å². The number of carbonyl (C=O) groups is 1. The van der Waals surface area contributed by atoms with Gasteiger partial charge in [0.25, 0.3) is 0 Å². The second kappa shape index (κ2) is 4.82. The molecule has 1 unspecified atom stereocenters. The number of carboxylic acid groups (broad SMARTS) is 1. The van der Waals surface area contributed by atoms with Gasteiger partial charge in [0.2, 0.25) is 0 Å². The Morgan fingerprint density at radius 1 is 1.53 bits per heavy atom. The molecule has 0 aliphatic heterocycles. The molecule has 0 saturated heterocycles. The smallest absolute Gasteiger partial charge is 0.335 e. The minimum Gasteiger partial charge on any atom is -0.497 e. The van der Waals surface area contributed by atoms with E-state index in [0.29, 0.717) is 11.3 Å². The summed E-state index contributed by atoms with van der Waals surface area (Å²) in [5.41, 5.74) is 1.20. The number of carboxylic acids is 1. The van der Waals surface area contributed by atoms with Crippen LogP contribution in [0.5, 0.6) is 5.75 Å². The van der Waals surface area contributed by atoms with Crippen LogP contribution in [-0.2, 0) is 0 Å². The number of benzene rings is 1. The molecule has 0 heterocycles. The second-order valence-corrected chi connectivity index (χ2v) is 3.57. The van der Waals surface area contributed by atoms with Crippen molar-refractivity contribution in [2.75, 3.05) is 7.11 Å². The molecule has 0 aliphatic carbocycles. The molecule has 0 aromatic heterocycles. The zero-order valence-corrected chi connectivity index (χ0v) is 9.28. The third-order valence-electron chi connectivity index (χ3n) is 2.63. The molecule has 15 heavy (non-hydrogen) atoms. The van der Waals surface area contributed by atoms with E-state index in [2.05, 4.69) is 0 Å². The second-order valence-electron chi connectivity index (χ2n) is 3.57. The van der Waals surface area contributed by atoms with Crippen LogP contribution in [0.2, 0.25) is 0 Å².